The molecule has 1 unspecified atom stereocenters. The Balaban J connectivity index is 2.24. The number of ether oxygens (including phenoxy) is 3. The Hall–Kier alpha value is -0.993. The molecule has 1 N–H and O–H groups in total. The highest BCUT2D eigenvalue weighted by molar-refractivity contribution is 6.74. The number of carboxylic acid groups (broad SMARTS) is 1. The molecule has 7 heteroatoms. The minimum Gasteiger partial charge on any atom is -0.479 e. The molecule has 2 rings (SSSR count). The first-order valence-corrected chi connectivity index (χ1v) is 14.9. The van der Waals surface area contributed by atoms with Crippen molar-refractivity contribution in [2.75, 3.05) is 13.2 Å². The van der Waals surface area contributed by atoms with Crippen LogP contribution >= 0.6 is 0 Å². The lowest BCUT2D eigenvalue weighted by Crippen LogP contribution is -2.44. The van der Waals surface area contributed by atoms with Crippen LogP contribution in [0.5, 0.6) is 0 Å². The van der Waals surface area contributed by atoms with Crippen molar-refractivity contribution >= 4 is 14.3 Å². The van der Waals surface area contributed by atoms with E-state index in [4.69, 9.17) is 18.6 Å². The van der Waals surface area contributed by atoms with Crippen LogP contribution in [0.1, 0.15) is 59.8 Å². The van der Waals surface area contributed by atoms with Crippen LogP contribution in [0.4, 0.5) is 0 Å². The molecule has 0 spiro atoms. The normalized spacial score (nSPS) is 30.5. The summed E-state index contributed by atoms with van der Waals surface area (Å²) in [4.78, 5) is 11.7. The van der Waals surface area contributed by atoms with Crippen LogP contribution in [0.15, 0.2) is 24.8 Å². The fourth-order valence-corrected chi connectivity index (χ4v) is 5.25. The number of carbonyl (C=O) groups is 1. The summed E-state index contributed by atoms with van der Waals surface area (Å²) >= 11 is 0. The molecule has 2 aliphatic rings. The summed E-state index contributed by atoms with van der Waals surface area (Å²) in [6.45, 7) is 18.2. The van der Waals surface area contributed by atoms with E-state index in [0.29, 0.717) is 13.0 Å². The second-order valence-electron chi connectivity index (χ2n) is 10.6. The van der Waals surface area contributed by atoms with Crippen molar-refractivity contribution in [1.82, 2.24) is 0 Å². The lowest BCUT2D eigenvalue weighted by molar-refractivity contribution is -0.198. The third kappa shape index (κ3) is 7.25. The van der Waals surface area contributed by atoms with Crippen molar-refractivity contribution < 1.29 is 28.5 Å². The van der Waals surface area contributed by atoms with E-state index in [9.17, 15) is 9.90 Å². The predicted molar refractivity (Wildman–Crippen MR) is 129 cm³/mol. The molecule has 0 aromatic heterocycles. The van der Waals surface area contributed by atoms with E-state index in [2.05, 4.69) is 46.5 Å². The van der Waals surface area contributed by atoms with E-state index >= 15 is 0 Å². The molecular formula is C25H44O6Si. The van der Waals surface area contributed by atoms with Crippen LogP contribution < -0.4 is 0 Å². The van der Waals surface area contributed by atoms with E-state index < -0.39 is 20.4 Å². The first-order chi connectivity index (χ1) is 15.0. The minimum atomic E-state index is -1.95. The SMILES string of the molecule is C=CC[C@@H](O[C@H]1C[C@@H](OC2CCCCO2)[C@H](CO[Si](C)(C)C(C)(C)C)[C@H]1/C=C\C)C(=O)O. The molecule has 2 fully saturated rings. The summed E-state index contributed by atoms with van der Waals surface area (Å²) in [6, 6.07) is 0. The van der Waals surface area contributed by atoms with Crippen molar-refractivity contribution in [3.05, 3.63) is 24.8 Å². The summed E-state index contributed by atoms with van der Waals surface area (Å²) in [7, 11) is -1.95. The molecule has 184 valence electrons. The Labute approximate surface area is 195 Å². The lowest BCUT2D eigenvalue weighted by atomic mass is 9.93. The van der Waals surface area contributed by atoms with Crippen molar-refractivity contribution in [3.63, 3.8) is 0 Å². The average Bonchev–Trinajstić information content (AvgIpc) is 3.02. The minimum absolute atomic E-state index is 0.0185. The fourth-order valence-electron chi connectivity index (χ4n) is 4.21. The van der Waals surface area contributed by atoms with Crippen LogP contribution in [-0.4, -0.2) is 57.2 Å². The maximum Gasteiger partial charge on any atom is 0.333 e. The van der Waals surface area contributed by atoms with Crippen molar-refractivity contribution in [1.29, 1.82) is 0 Å². The zero-order valence-corrected chi connectivity index (χ0v) is 21.8. The van der Waals surface area contributed by atoms with Gasteiger partial charge in [-0.05, 0) is 44.3 Å². The standard InChI is InChI=1S/C25H44O6Si/c1-8-12-18-19(17-29-32(6,7)25(3,4)5)22(31-23-14-10-11-15-28-23)16-21(18)30-20(13-9-2)24(26)27/h8-9,12,18-23H,2,10-11,13-17H2,1,3-7H3,(H,26,27)/b12-8-/t18-,19-,20-,21+,22-,23?/m1/s1. The van der Waals surface area contributed by atoms with E-state index in [0.717, 1.165) is 25.9 Å². The first kappa shape index (κ1) is 27.3. The molecule has 6 atom stereocenters. The molecule has 1 saturated heterocycles. The monoisotopic (exact) mass is 468 g/mol. The van der Waals surface area contributed by atoms with Gasteiger partial charge in [-0.25, -0.2) is 4.79 Å². The topological polar surface area (TPSA) is 74.2 Å². The maximum absolute atomic E-state index is 11.7. The Bertz CT molecular complexity index is 635. The van der Waals surface area contributed by atoms with Gasteiger partial charge in [-0.2, -0.15) is 0 Å². The molecule has 0 amide bonds. The van der Waals surface area contributed by atoms with Crippen LogP contribution in [0, 0.1) is 11.8 Å². The van der Waals surface area contributed by atoms with Crippen LogP contribution in [0.3, 0.4) is 0 Å². The molecular weight excluding hydrogens is 424 g/mol. The number of aliphatic carboxylic acids is 1. The van der Waals surface area contributed by atoms with Gasteiger partial charge in [0, 0.05) is 37.9 Å². The van der Waals surface area contributed by atoms with Gasteiger partial charge in [-0.1, -0.05) is 39.0 Å². The van der Waals surface area contributed by atoms with Crippen LogP contribution in [0.2, 0.25) is 18.1 Å². The molecule has 0 radical (unpaired) electrons. The Morgan fingerprint density at radius 2 is 2.00 bits per heavy atom. The first-order valence-electron chi connectivity index (χ1n) is 12.0. The smallest absolute Gasteiger partial charge is 0.333 e. The van der Waals surface area contributed by atoms with Gasteiger partial charge in [0.25, 0.3) is 0 Å². The molecule has 1 aliphatic heterocycles. The van der Waals surface area contributed by atoms with Gasteiger partial charge < -0.3 is 23.7 Å². The molecule has 1 heterocycles. The second-order valence-corrected chi connectivity index (χ2v) is 15.4. The van der Waals surface area contributed by atoms with E-state index in [1.54, 1.807) is 6.08 Å². The molecule has 0 bridgehead atoms. The zero-order valence-electron chi connectivity index (χ0n) is 20.8. The Kier molecular flexibility index (Phi) is 10.2. The molecule has 0 aromatic rings. The van der Waals surface area contributed by atoms with Gasteiger partial charge in [-0.3, -0.25) is 0 Å². The highest BCUT2D eigenvalue weighted by Crippen LogP contribution is 2.42. The molecule has 0 aromatic carbocycles. The second kappa shape index (κ2) is 11.9. The largest absolute Gasteiger partial charge is 0.479 e. The summed E-state index contributed by atoms with van der Waals surface area (Å²) in [5, 5.41) is 9.72. The van der Waals surface area contributed by atoms with Crippen molar-refractivity contribution in [2.24, 2.45) is 11.8 Å². The summed E-state index contributed by atoms with van der Waals surface area (Å²) in [5.74, 6) is -0.864. The average molecular weight is 469 g/mol. The Morgan fingerprint density at radius 1 is 1.28 bits per heavy atom. The van der Waals surface area contributed by atoms with Gasteiger partial charge in [-0.15, -0.1) is 6.58 Å². The fraction of sp³-hybridized carbons (Fsp3) is 0.800. The van der Waals surface area contributed by atoms with Gasteiger partial charge in [0.2, 0.25) is 0 Å². The van der Waals surface area contributed by atoms with E-state index in [1.165, 1.54) is 0 Å². The molecule has 6 nitrogen and oxygen atoms in total. The molecule has 1 saturated carbocycles. The summed E-state index contributed by atoms with van der Waals surface area (Å²) in [5.41, 5.74) is 0. The highest BCUT2D eigenvalue weighted by atomic mass is 28.4. The highest BCUT2D eigenvalue weighted by Gasteiger charge is 2.47. The van der Waals surface area contributed by atoms with Crippen molar-refractivity contribution in [3.8, 4) is 0 Å². The summed E-state index contributed by atoms with van der Waals surface area (Å²) in [6.07, 6.45) is 8.22. The zero-order chi connectivity index (χ0) is 23.9. The quantitative estimate of drug-likeness (QED) is 0.317. The maximum atomic E-state index is 11.7. The molecule has 1 aliphatic carbocycles. The van der Waals surface area contributed by atoms with Gasteiger partial charge in [0.15, 0.2) is 20.7 Å². The number of carboxylic acids is 1. The number of allylic oxidation sites excluding steroid dienone is 1. The number of hydrogen-bond donors (Lipinski definition) is 1. The van der Waals surface area contributed by atoms with Crippen LogP contribution in [-0.2, 0) is 23.4 Å². The van der Waals surface area contributed by atoms with Gasteiger partial charge in [0.1, 0.15) is 0 Å². The number of rotatable bonds is 11. The lowest BCUT2D eigenvalue weighted by Gasteiger charge is -2.38. The van der Waals surface area contributed by atoms with Crippen molar-refractivity contribution in [2.45, 2.75) is 103 Å². The Morgan fingerprint density at radius 3 is 2.53 bits per heavy atom. The number of hydrogen-bond acceptors (Lipinski definition) is 5. The third-order valence-electron chi connectivity index (χ3n) is 7.18. The summed E-state index contributed by atoms with van der Waals surface area (Å²) < 4.78 is 25.1. The van der Waals surface area contributed by atoms with E-state index in [-0.39, 0.29) is 41.8 Å². The third-order valence-corrected chi connectivity index (χ3v) is 11.7. The molecule has 32 heavy (non-hydrogen) atoms. The van der Waals surface area contributed by atoms with Crippen LogP contribution in [0.25, 0.3) is 0 Å². The van der Waals surface area contributed by atoms with Gasteiger partial charge >= 0.3 is 5.97 Å². The van der Waals surface area contributed by atoms with E-state index in [1.807, 2.05) is 13.0 Å². The van der Waals surface area contributed by atoms with Gasteiger partial charge in [0.05, 0.1) is 12.2 Å². The predicted octanol–water partition coefficient (Wildman–Crippen LogP) is 5.55.